The summed E-state index contributed by atoms with van der Waals surface area (Å²) in [4.78, 5) is 18.9. The van der Waals surface area contributed by atoms with Crippen LogP contribution in [0, 0.1) is 13.8 Å². The van der Waals surface area contributed by atoms with E-state index in [4.69, 9.17) is 0 Å². The van der Waals surface area contributed by atoms with Gasteiger partial charge in [-0.25, -0.2) is 13.4 Å². The second-order valence-corrected chi connectivity index (χ2v) is 8.25. The molecule has 5 nitrogen and oxygen atoms in total. The van der Waals surface area contributed by atoms with E-state index in [9.17, 15) is 13.2 Å². The van der Waals surface area contributed by atoms with Crippen molar-refractivity contribution < 1.29 is 13.2 Å². The minimum Gasteiger partial charge on any atom is -0.336 e. The van der Waals surface area contributed by atoms with E-state index in [1.807, 2.05) is 13.8 Å². The van der Waals surface area contributed by atoms with Gasteiger partial charge in [-0.3, -0.25) is 4.79 Å². The molecule has 0 spiro atoms. The lowest BCUT2D eigenvalue weighted by Crippen LogP contribution is -2.38. The maximum Gasteiger partial charge on any atom is 0.273 e. The highest BCUT2D eigenvalue weighted by atomic mass is 32.2. The Morgan fingerprint density at radius 3 is 2.56 bits per heavy atom. The second-order valence-electron chi connectivity index (χ2n) is 4.61. The lowest BCUT2D eigenvalue weighted by atomic mass is 10.2. The highest BCUT2D eigenvalue weighted by Gasteiger charge is 2.34. The smallest absolute Gasteiger partial charge is 0.273 e. The first kappa shape index (κ1) is 13.5. The first-order valence-electron chi connectivity index (χ1n) is 5.72. The van der Waals surface area contributed by atoms with Crippen molar-refractivity contribution in [1.82, 2.24) is 9.88 Å². The third-order valence-corrected chi connectivity index (χ3v) is 5.82. The molecule has 1 aliphatic rings. The van der Waals surface area contributed by atoms with Crippen molar-refractivity contribution in [2.75, 3.05) is 18.6 Å². The lowest BCUT2D eigenvalue weighted by Gasteiger charge is -2.22. The number of aromatic nitrogens is 1. The van der Waals surface area contributed by atoms with Gasteiger partial charge in [0.15, 0.2) is 9.84 Å². The highest BCUT2D eigenvalue weighted by molar-refractivity contribution is 7.91. The molecule has 1 aromatic heterocycles. The van der Waals surface area contributed by atoms with Crippen LogP contribution in [0.4, 0.5) is 0 Å². The van der Waals surface area contributed by atoms with Gasteiger partial charge in [0.25, 0.3) is 5.91 Å². The van der Waals surface area contributed by atoms with Crippen LogP contribution in [0.15, 0.2) is 0 Å². The van der Waals surface area contributed by atoms with Crippen molar-refractivity contribution in [2.45, 2.75) is 26.3 Å². The van der Waals surface area contributed by atoms with Crippen LogP contribution < -0.4 is 0 Å². The Kier molecular flexibility index (Phi) is 3.46. The summed E-state index contributed by atoms with van der Waals surface area (Å²) in [7, 11) is -1.32. The van der Waals surface area contributed by atoms with E-state index >= 15 is 0 Å². The summed E-state index contributed by atoms with van der Waals surface area (Å²) in [6.45, 7) is 3.71. The molecule has 0 radical (unpaired) electrons. The van der Waals surface area contributed by atoms with Gasteiger partial charge in [0, 0.05) is 18.0 Å². The van der Waals surface area contributed by atoms with Crippen LogP contribution in [0.5, 0.6) is 0 Å². The molecule has 0 saturated carbocycles. The van der Waals surface area contributed by atoms with Gasteiger partial charge >= 0.3 is 0 Å². The Hall–Kier alpha value is -0.950. The zero-order chi connectivity index (χ0) is 13.5. The molecule has 18 heavy (non-hydrogen) atoms. The van der Waals surface area contributed by atoms with Gasteiger partial charge in [-0.15, -0.1) is 11.3 Å². The number of carbonyl (C=O) groups excluding carboxylic acids is 1. The first-order chi connectivity index (χ1) is 8.30. The van der Waals surface area contributed by atoms with Gasteiger partial charge in [-0.1, -0.05) is 0 Å². The molecular weight excluding hydrogens is 272 g/mol. The summed E-state index contributed by atoms with van der Waals surface area (Å²) in [5.74, 6) is 0.0563. The predicted octanol–water partition coefficient (Wildman–Crippen LogP) is 1.02. The van der Waals surface area contributed by atoms with Crippen LogP contribution in [-0.2, 0) is 9.84 Å². The van der Waals surface area contributed by atoms with E-state index in [2.05, 4.69) is 4.98 Å². The largest absolute Gasteiger partial charge is 0.336 e. The van der Waals surface area contributed by atoms with Gasteiger partial charge in [0.1, 0.15) is 5.69 Å². The van der Waals surface area contributed by atoms with E-state index < -0.39 is 9.84 Å². The number of nitrogens with zero attached hydrogens (tertiary/aromatic N) is 2. The van der Waals surface area contributed by atoms with E-state index in [0.717, 1.165) is 9.88 Å². The topological polar surface area (TPSA) is 67.3 Å². The molecule has 0 aliphatic carbocycles. The molecule has 1 amide bonds. The van der Waals surface area contributed by atoms with Crippen molar-refractivity contribution in [3.8, 4) is 0 Å². The Balaban J connectivity index is 2.17. The van der Waals surface area contributed by atoms with Gasteiger partial charge in [-0.2, -0.15) is 0 Å². The SMILES string of the molecule is Cc1nc(C(=O)N(C)C2CCS(=O)(=O)C2)c(C)s1. The molecule has 1 fully saturated rings. The number of hydrogen-bond donors (Lipinski definition) is 0. The summed E-state index contributed by atoms with van der Waals surface area (Å²) >= 11 is 1.48. The van der Waals surface area contributed by atoms with Crippen LogP contribution in [0.25, 0.3) is 0 Å². The fourth-order valence-corrected chi connectivity index (χ4v) is 4.73. The number of sulfone groups is 1. The molecule has 2 rings (SSSR count). The van der Waals surface area contributed by atoms with Crippen molar-refractivity contribution in [3.05, 3.63) is 15.6 Å². The number of aryl methyl sites for hydroxylation is 2. The Labute approximate surface area is 111 Å². The normalized spacial score (nSPS) is 22.1. The lowest BCUT2D eigenvalue weighted by molar-refractivity contribution is 0.0741. The number of hydrogen-bond acceptors (Lipinski definition) is 5. The van der Waals surface area contributed by atoms with Gasteiger partial charge in [-0.05, 0) is 20.3 Å². The van der Waals surface area contributed by atoms with E-state index in [0.29, 0.717) is 12.1 Å². The molecule has 1 aromatic rings. The summed E-state index contributed by atoms with van der Waals surface area (Å²) < 4.78 is 22.8. The first-order valence-corrected chi connectivity index (χ1v) is 8.35. The number of amides is 1. The Morgan fingerprint density at radius 2 is 2.11 bits per heavy atom. The maximum absolute atomic E-state index is 12.3. The second kappa shape index (κ2) is 4.62. The molecule has 0 N–H and O–H groups in total. The van der Waals surface area contributed by atoms with Crippen LogP contribution in [0.1, 0.15) is 26.8 Å². The molecule has 1 unspecified atom stereocenters. The van der Waals surface area contributed by atoms with Crippen molar-refractivity contribution >= 4 is 27.1 Å². The summed E-state index contributed by atoms with van der Waals surface area (Å²) in [5, 5.41) is 0.850. The molecule has 100 valence electrons. The zero-order valence-electron chi connectivity index (χ0n) is 10.6. The fraction of sp³-hybridized carbons (Fsp3) is 0.636. The molecule has 2 heterocycles. The summed E-state index contributed by atoms with van der Waals surface area (Å²) in [5.41, 5.74) is 0.448. The summed E-state index contributed by atoms with van der Waals surface area (Å²) in [6, 6.07) is -0.219. The predicted molar refractivity (Wildman–Crippen MR) is 70.7 cm³/mol. The summed E-state index contributed by atoms with van der Waals surface area (Å²) in [6.07, 6.45) is 0.521. The van der Waals surface area contributed by atoms with Crippen LogP contribution >= 0.6 is 11.3 Å². The fourth-order valence-electron chi connectivity index (χ4n) is 2.14. The minimum absolute atomic E-state index is 0.0669. The number of rotatable bonds is 2. The van der Waals surface area contributed by atoms with Gasteiger partial charge in [0.2, 0.25) is 0 Å². The van der Waals surface area contributed by atoms with E-state index in [1.165, 1.54) is 16.2 Å². The third kappa shape index (κ3) is 2.56. The average Bonchev–Trinajstić information content (AvgIpc) is 2.79. The molecule has 1 aliphatic heterocycles. The molecule has 0 aromatic carbocycles. The van der Waals surface area contributed by atoms with E-state index in [1.54, 1.807) is 7.05 Å². The van der Waals surface area contributed by atoms with Crippen molar-refractivity contribution in [3.63, 3.8) is 0 Å². The molecule has 1 saturated heterocycles. The number of carbonyl (C=O) groups is 1. The highest BCUT2D eigenvalue weighted by Crippen LogP contribution is 2.22. The third-order valence-electron chi connectivity index (χ3n) is 3.18. The molecule has 0 bridgehead atoms. The monoisotopic (exact) mass is 288 g/mol. The number of thiazole rings is 1. The standard InChI is InChI=1S/C11H16N2O3S2/c1-7-10(12-8(2)17-7)11(14)13(3)9-4-5-18(15,16)6-9/h9H,4-6H2,1-3H3. The Morgan fingerprint density at radius 1 is 1.44 bits per heavy atom. The average molecular weight is 288 g/mol. The van der Waals surface area contributed by atoms with Crippen molar-refractivity contribution in [2.24, 2.45) is 0 Å². The minimum atomic E-state index is -2.97. The quantitative estimate of drug-likeness (QED) is 0.815. The molecule has 7 heteroatoms. The van der Waals surface area contributed by atoms with Crippen LogP contribution in [0.2, 0.25) is 0 Å². The van der Waals surface area contributed by atoms with E-state index in [-0.39, 0.29) is 23.5 Å². The van der Waals surface area contributed by atoms with Gasteiger partial charge < -0.3 is 4.90 Å². The molecular formula is C11H16N2O3S2. The maximum atomic E-state index is 12.3. The Bertz CT molecular complexity index is 577. The van der Waals surface area contributed by atoms with Crippen LogP contribution in [-0.4, -0.2) is 48.8 Å². The molecule has 1 atom stereocenters. The van der Waals surface area contributed by atoms with Crippen molar-refractivity contribution in [1.29, 1.82) is 0 Å². The van der Waals surface area contributed by atoms with Crippen LogP contribution in [0.3, 0.4) is 0 Å². The zero-order valence-corrected chi connectivity index (χ0v) is 12.3. The van der Waals surface area contributed by atoms with Gasteiger partial charge in [0.05, 0.1) is 16.5 Å².